The van der Waals surface area contributed by atoms with E-state index in [0.717, 1.165) is 0 Å². The van der Waals surface area contributed by atoms with Crippen LogP contribution in [0.4, 0.5) is 0 Å². The molecule has 0 heterocycles. The molecular weight excluding hydrogens is 370 g/mol. The van der Waals surface area contributed by atoms with Gasteiger partial charge in [-0.25, -0.2) is 0 Å². The average Bonchev–Trinajstić information content (AvgIpc) is 2.28. The van der Waals surface area contributed by atoms with E-state index >= 15 is 0 Å². The Labute approximate surface area is 162 Å². The van der Waals surface area contributed by atoms with E-state index in [4.69, 9.17) is 0 Å². The van der Waals surface area contributed by atoms with Crippen LogP contribution in [0.1, 0.15) is 22.3 Å². The van der Waals surface area contributed by atoms with Crippen molar-refractivity contribution in [3.05, 3.63) is 70.8 Å². The number of hydrogen-bond acceptors (Lipinski definition) is 0. The second-order valence-corrected chi connectivity index (χ2v) is 4.10. The normalized spacial score (nSPS) is 8.22. The predicted octanol–water partition coefficient (Wildman–Crippen LogP) is 4.20. The van der Waals surface area contributed by atoms with Crippen LogP contribution >= 0.6 is 0 Å². The summed E-state index contributed by atoms with van der Waals surface area (Å²) >= 11 is 0. The van der Waals surface area contributed by atoms with Gasteiger partial charge in [0.15, 0.2) is 0 Å². The van der Waals surface area contributed by atoms with Crippen LogP contribution < -0.4 is 0 Å². The maximum absolute atomic E-state index is 3.10. The third kappa shape index (κ3) is 9.56. The van der Waals surface area contributed by atoms with Crippen LogP contribution in [0.15, 0.2) is 36.4 Å². The van der Waals surface area contributed by atoms with Gasteiger partial charge >= 0.3 is 0 Å². The maximum Gasteiger partial charge on any atom is 0 e. The quantitative estimate of drug-likeness (QED) is 0.594. The summed E-state index contributed by atoms with van der Waals surface area (Å²) in [4.78, 5) is 0. The Kier molecular flexibility index (Phi) is 13.4. The van der Waals surface area contributed by atoms with E-state index in [1.807, 2.05) is 26.0 Å². The molecule has 0 bridgehead atoms. The van der Waals surface area contributed by atoms with Crippen molar-refractivity contribution < 1.29 is 65.4 Å². The standard InChI is InChI=1S/2C8H9.2Y/c2*1-7-3-5-8(2)6-4-7;;/h2*3-5H,1-2H3;;/q2*-1;;. The van der Waals surface area contributed by atoms with Crippen LogP contribution in [0.3, 0.4) is 0 Å². The molecule has 2 rings (SSSR count). The van der Waals surface area contributed by atoms with Gasteiger partial charge in [0.1, 0.15) is 0 Å². The third-order valence-electron chi connectivity index (χ3n) is 2.25. The topological polar surface area (TPSA) is 0 Å². The first-order valence-electron chi connectivity index (χ1n) is 5.48. The molecule has 2 radical (unpaired) electrons. The van der Waals surface area contributed by atoms with Gasteiger partial charge in [-0.15, -0.1) is 0 Å². The molecule has 0 aliphatic heterocycles. The van der Waals surface area contributed by atoms with Crippen LogP contribution in [-0.2, 0) is 65.4 Å². The molecule has 90 valence electrons. The van der Waals surface area contributed by atoms with Crippen molar-refractivity contribution in [1.82, 2.24) is 0 Å². The molecule has 18 heavy (non-hydrogen) atoms. The first kappa shape index (κ1) is 21.0. The summed E-state index contributed by atoms with van der Waals surface area (Å²) in [5.74, 6) is 0. The first-order chi connectivity index (χ1) is 7.58. The van der Waals surface area contributed by atoms with Gasteiger partial charge in [0, 0.05) is 65.4 Å². The molecule has 0 fully saturated rings. The zero-order chi connectivity index (χ0) is 12.0. The van der Waals surface area contributed by atoms with E-state index in [2.05, 4.69) is 50.2 Å². The van der Waals surface area contributed by atoms with Gasteiger partial charge in [-0.3, -0.25) is 0 Å². The number of hydrogen-bond donors (Lipinski definition) is 0. The fourth-order valence-electron chi connectivity index (χ4n) is 1.16. The van der Waals surface area contributed by atoms with Crippen molar-refractivity contribution in [3.63, 3.8) is 0 Å². The molecule has 0 aromatic heterocycles. The fraction of sp³-hybridized carbons (Fsp3) is 0.250. The van der Waals surface area contributed by atoms with E-state index in [1.165, 1.54) is 22.3 Å². The van der Waals surface area contributed by atoms with E-state index < -0.39 is 0 Å². The third-order valence-corrected chi connectivity index (χ3v) is 2.25. The molecule has 0 aliphatic rings. The molecule has 2 aromatic rings. The average molecular weight is 388 g/mol. The Morgan fingerprint density at radius 3 is 1.11 bits per heavy atom. The molecule has 2 heteroatoms. The van der Waals surface area contributed by atoms with Gasteiger partial charge in [-0.2, -0.15) is 70.8 Å². The van der Waals surface area contributed by atoms with Gasteiger partial charge in [0.2, 0.25) is 0 Å². The van der Waals surface area contributed by atoms with Crippen molar-refractivity contribution >= 4 is 0 Å². The molecular formula is C16H18Y2-2. The molecule has 0 amide bonds. The summed E-state index contributed by atoms with van der Waals surface area (Å²) in [5, 5.41) is 0. The van der Waals surface area contributed by atoms with E-state index in [1.54, 1.807) is 0 Å². The summed E-state index contributed by atoms with van der Waals surface area (Å²) in [5.41, 5.74) is 4.96. The Balaban J connectivity index is 0. The minimum Gasteiger partial charge on any atom is -0.180 e. The second kappa shape index (κ2) is 11.5. The van der Waals surface area contributed by atoms with Crippen LogP contribution in [0.2, 0.25) is 0 Å². The number of benzene rings is 2. The summed E-state index contributed by atoms with van der Waals surface area (Å²) in [7, 11) is 0. The van der Waals surface area contributed by atoms with Crippen LogP contribution in [0, 0.1) is 39.8 Å². The maximum atomic E-state index is 3.10. The number of aryl methyl sites for hydroxylation is 4. The van der Waals surface area contributed by atoms with Crippen LogP contribution in [-0.4, -0.2) is 0 Å². The van der Waals surface area contributed by atoms with Crippen LogP contribution in [0.5, 0.6) is 0 Å². The Morgan fingerprint density at radius 1 is 0.611 bits per heavy atom. The van der Waals surface area contributed by atoms with Crippen molar-refractivity contribution in [3.8, 4) is 0 Å². The summed E-state index contributed by atoms with van der Waals surface area (Å²) < 4.78 is 0. The van der Waals surface area contributed by atoms with E-state index in [-0.39, 0.29) is 65.4 Å². The largest absolute Gasteiger partial charge is 0.180 e. The Bertz CT molecular complexity index is 330. The van der Waals surface area contributed by atoms with Crippen LogP contribution in [0.25, 0.3) is 0 Å². The smallest absolute Gasteiger partial charge is 0 e. The minimum absolute atomic E-state index is 0. The second-order valence-electron chi connectivity index (χ2n) is 4.10. The first-order valence-corrected chi connectivity index (χ1v) is 5.48. The van der Waals surface area contributed by atoms with Gasteiger partial charge in [0.25, 0.3) is 0 Å². The van der Waals surface area contributed by atoms with Gasteiger partial charge in [0.05, 0.1) is 0 Å². The molecule has 0 atom stereocenters. The van der Waals surface area contributed by atoms with Gasteiger partial charge < -0.3 is 0 Å². The van der Waals surface area contributed by atoms with E-state index in [0.29, 0.717) is 0 Å². The zero-order valence-electron chi connectivity index (χ0n) is 11.6. The summed E-state index contributed by atoms with van der Waals surface area (Å²) in [6.45, 7) is 8.21. The van der Waals surface area contributed by atoms with Crippen molar-refractivity contribution in [2.24, 2.45) is 0 Å². The van der Waals surface area contributed by atoms with Crippen molar-refractivity contribution in [2.75, 3.05) is 0 Å². The summed E-state index contributed by atoms with van der Waals surface area (Å²) in [6.07, 6.45) is 0. The number of rotatable bonds is 0. The molecule has 0 N–H and O–H groups in total. The molecule has 0 spiro atoms. The predicted molar refractivity (Wildman–Crippen MR) is 69.5 cm³/mol. The molecule has 0 nitrogen and oxygen atoms in total. The molecule has 0 saturated heterocycles. The van der Waals surface area contributed by atoms with Crippen molar-refractivity contribution in [1.29, 1.82) is 0 Å². The monoisotopic (exact) mass is 388 g/mol. The van der Waals surface area contributed by atoms with E-state index in [9.17, 15) is 0 Å². The fourth-order valence-corrected chi connectivity index (χ4v) is 1.16. The van der Waals surface area contributed by atoms with Gasteiger partial charge in [-0.1, -0.05) is 27.7 Å². The van der Waals surface area contributed by atoms with Crippen molar-refractivity contribution in [2.45, 2.75) is 27.7 Å². The minimum atomic E-state index is 0. The summed E-state index contributed by atoms with van der Waals surface area (Å²) in [6, 6.07) is 18.5. The zero-order valence-corrected chi connectivity index (χ0v) is 17.3. The Morgan fingerprint density at radius 2 is 0.944 bits per heavy atom. The van der Waals surface area contributed by atoms with Gasteiger partial charge in [-0.05, 0) is 0 Å². The molecule has 2 aromatic carbocycles. The molecule has 0 saturated carbocycles. The molecule has 0 unspecified atom stereocenters. The Hall–Kier alpha value is 0.648. The molecule has 0 aliphatic carbocycles. The SMILES string of the molecule is Cc1[c-]cc(C)cc1.Cc1[c-]cc(C)cc1.[Y].[Y].